The first-order valence-electron chi connectivity index (χ1n) is 24.1. The molecule has 0 N–H and O–H groups in total. The number of hydrogen-bond donors (Lipinski definition) is 0. The first-order valence-corrected chi connectivity index (χ1v) is 25.1. The molecule has 0 heterocycles. The van der Waals surface area contributed by atoms with E-state index < -0.39 is 0 Å². The Labute approximate surface area is 337 Å². The SMILES string of the molecule is CCCCCCCCCCCCCCCCCCC(CC(=O)OCCCCCCCCCCCC)SCCC(=O)OCCCCCCCCCCCC. The van der Waals surface area contributed by atoms with Gasteiger partial charge in [0.2, 0.25) is 0 Å². The van der Waals surface area contributed by atoms with Gasteiger partial charge in [-0.25, -0.2) is 0 Å². The molecule has 0 rings (SSSR count). The minimum atomic E-state index is -0.0851. The molecule has 0 aromatic carbocycles. The highest BCUT2D eigenvalue weighted by atomic mass is 32.2. The second-order valence-corrected chi connectivity index (χ2v) is 17.8. The molecule has 1 unspecified atom stereocenters. The molecule has 5 heteroatoms. The summed E-state index contributed by atoms with van der Waals surface area (Å²) in [7, 11) is 0. The summed E-state index contributed by atoms with van der Waals surface area (Å²) in [6.45, 7) is 7.93. The van der Waals surface area contributed by atoms with E-state index in [4.69, 9.17) is 9.47 Å². The summed E-state index contributed by atoms with van der Waals surface area (Å²) in [6.07, 6.45) is 49.5. The van der Waals surface area contributed by atoms with Gasteiger partial charge in [-0.05, 0) is 19.3 Å². The second kappa shape index (κ2) is 45.7. The zero-order valence-corrected chi connectivity index (χ0v) is 37.1. The van der Waals surface area contributed by atoms with Gasteiger partial charge in [0.05, 0.1) is 26.1 Å². The second-order valence-electron chi connectivity index (χ2n) is 16.3. The van der Waals surface area contributed by atoms with E-state index >= 15 is 0 Å². The topological polar surface area (TPSA) is 52.6 Å². The van der Waals surface area contributed by atoms with Crippen LogP contribution in [0.15, 0.2) is 0 Å². The monoisotopic (exact) mass is 767 g/mol. The summed E-state index contributed by atoms with van der Waals surface area (Å²) in [6, 6.07) is 0. The van der Waals surface area contributed by atoms with E-state index in [0.29, 0.717) is 26.1 Å². The number of hydrogen-bond acceptors (Lipinski definition) is 5. The number of thioether (sulfide) groups is 1. The molecular formula is C48H94O4S. The lowest BCUT2D eigenvalue weighted by Gasteiger charge is -2.16. The van der Waals surface area contributed by atoms with Gasteiger partial charge in [0.25, 0.3) is 0 Å². The Morgan fingerprint density at radius 2 is 0.660 bits per heavy atom. The van der Waals surface area contributed by atoms with E-state index in [1.54, 1.807) is 11.8 Å². The van der Waals surface area contributed by atoms with E-state index in [-0.39, 0.29) is 17.2 Å². The van der Waals surface area contributed by atoms with Crippen molar-refractivity contribution in [2.45, 2.75) is 276 Å². The standard InChI is InChI=1S/C48H94O4S/c1-4-7-10-13-16-19-22-23-24-25-26-27-28-31-34-37-40-46(45-48(50)52-43-39-36-33-30-21-18-15-12-9-6-3)53-44-41-47(49)51-42-38-35-32-29-20-17-14-11-8-5-2/h46H,4-45H2,1-3H3. The fourth-order valence-corrected chi connectivity index (χ4v) is 8.55. The molecule has 0 spiro atoms. The number of carbonyl (C=O) groups is 2. The molecule has 0 bridgehead atoms. The van der Waals surface area contributed by atoms with Crippen LogP contribution in [0.4, 0.5) is 0 Å². The fraction of sp³-hybridized carbons (Fsp3) is 0.958. The van der Waals surface area contributed by atoms with Gasteiger partial charge in [-0.3, -0.25) is 9.59 Å². The van der Waals surface area contributed by atoms with Crippen LogP contribution in [0.2, 0.25) is 0 Å². The van der Waals surface area contributed by atoms with Gasteiger partial charge in [0.15, 0.2) is 0 Å². The van der Waals surface area contributed by atoms with Crippen LogP contribution in [0, 0.1) is 0 Å². The average molecular weight is 767 g/mol. The first kappa shape index (κ1) is 52.3. The highest BCUT2D eigenvalue weighted by Crippen LogP contribution is 2.24. The van der Waals surface area contributed by atoms with E-state index in [9.17, 15) is 9.59 Å². The highest BCUT2D eigenvalue weighted by Gasteiger charge is 2.16. The van der Waals surface area contributed by atoms with Gasteiger partial charge in [0.1, 0.15) is 0 Å². The molecule has 0 aromatic rings. The Bertz CT molecular complexity index is 728. The Morgan fingerprint density at radius 3 is 1.00 bits per heavy atom. The first-order chi connectivity index (χ1) is 26.1. The molecule has 0 fully saturated rings. The van der Waals surface area contributed by atoms with Gasteiger partial charge in [-0.2, -0.15) is 11.8 Å². The number of ether oxygens (including phenoxy) is 2. The van der Waals surface area contributed by atoms with Gasteiger partial charge < -0.3 is 9.47 Å². The molecule has 1 atom stereocenters. The molecule has 4 nitrogen and oxygen atoms in total. The predicted octanol–water partition coefficient (Wildman–Crippen LogP) is 16.4. The third-order valence-electron chi connectivity index (χ3n) is 11.0. The van der Waals surface area contributed by atoms with Gasteiger partial charge in [-0.15, -0.1) is 0 Å². The van der Waals surface area contributed by atoms with Gasteiger partial charge >= 0.3 is 11.9 Å². The Balaban J connectivity index is 4.17. The summed E-state index contributed by atoms with van der Waals surface area (Å²) in [5, 5.41) is 0.233. The van der Waals surface area contributed by atoms with Crippen molar-refractivity contribution in [3.8, 4) is 0 Å². The van der Waals surface area contributed by atoms with Crippen molar-refractivity contribution < 1.29 is 19.1 Å². The van der Waals surface area contributed by atoms with Crippen molar-refractivity contribution >= 4 is 23.7 Å². The van der Waals surface area contributed by atoms with Crippen molar-refractivity contribution in [2.24, 2.45) is 0 Å². The molecule has 0 amide bonds. The molecular weight excluding hydrogens is 673 g/mol. The molecule has 0 aliphatic rings. The molecule has 0 saturated heterocycles. The maximum atomic E-state index is 12.8. The Hall–Kier alpha value is -0.710. The lowest BCUT2D eigenvalue weighted by molar-refractivity contribution is -0.144. The molecule has 0 aliphatic heterocycles. The summed E-state index contributed by atoms with van der Waals surface area (Å²) in [5.41, 5.74) is 0. The number of carbonyl (C=O) groups excluding carboxylic acids is 2. The molecule has 0 saturated carbocycles. The molecule has 0 aliphatic carbocycles. The van der Waals surface area contributed by atoms with Crippen molar-refractivity contribution in [1.82, 2.24) is 0 Å². The van der Waals surface area contributed by atoms with Gasteiger partial charge in [0, 0.05) is 11.0 Å². The van der Waals surface area contributed by atoms with Crippen molar-refractivity contribution in [3.05, 3.63) is 0 Å². The molecule has 53 heavy (non-hydrogen) atoms. The van der Waals surface area contributed by atoms with Crippen LogP contribution >= 0.6 is 11.8 Å². The maximum Gasteiger partial charge on any atom is 0.306 e. The summed E-state index contributed by atoms with van der Waals surface area (Å²) >= 11 is 1.78. The smallest absolute Gasteiger partial charge is 0.306 e. The number of unbranched alkanes of at least 4 members (excludes halogenated alkanes) is 33. The minimum absolute atomic E-state index is 0.0570. The molecule has 316 valence electrons. The zero-order valence-electron chi connectivity index (χ0n) is 36.3. The Kier molecular flexibility index (Phi) is 45.1. The van der Waals surface area contributed by atoms with Crippen LogP contribution in [-0.2, 0) is 19.1 Å². The third-order valence-corrected chi connectivity index (χ3v) is 12.3. The predicted molar refractivity (Wildman–Crippen MR) is 235 cm³/mol. The van der Waals surface area contributed by atoms with Crippen molar-refractivity contribution in [1.29, 1.82) is 0 Å². The van der Waals surface area contributed by atoms with Crippen LogP contribution in [0.25, 0.3) is 0 Å². The van der Waals surface area contributed by atoms with E-state index in [2.05, 4.69) is 20.8 Å². The van der Waals surface area contributed by atoms with E-state index in [1.807, 2.05) is 0 Å². The van der Waals surface area contributed by atoms with Crippen LogP contribution in [0.1, 0.15) is 271 Å². The summed E-state index contributed by atoms with van der Waals surface area (Å²) in [4.78, 5) is 25.2. The molecule has 0 radical (unpaired) electrons. The quantitative estimate of drug-likeness (QED) is 0.0456. The summed E-state index contributed by atoms with van der Waals surface area (Å²) < 4.78 is 11.2. The minimum Gasteiger partial charge on any atom is -0.466 e. The Morgan fingerprint density at radius 1 is 0.377 bits per heavy atom. The van der Waals surface area contributed by atoms with E-state index in [0.717, 1.165) is 44.3 Å². The normalized spacial score (nSPS) is 12.0. The van der Waals surface area contributed by atoms with Crippen molar-refractivity contribution in [2.75, 3.05) is 19.0 Å². The van der Waals surface area contributed by atoms with Gasteiger partial charge in [-0.1, -0.05) is 239 Å². The zero-order chi connectivity index (χ0) is 38.6. The third kappa shape index (κ3) is 43.9. The molecule has 0 aromatic heterocycles. The van der Waals surface area contributed by atoms with Crippen molar-refractivity contribution in [3.63, 3.8) is 0 Å². The fourth-order valence-electron chi connectivity index (χ4n) is 7.34. The summed E-state index contributed by atoms with van der Waals surface area (Å²) in [5.74, 6) is 0.586. The number of esters is 2. The van der Waals surface area contributed by atoms with Crippen LogP contribution in [-0.4, -0.2) is 36.2 Å². The lowest BCUT2D eigenvalue weighted by atomic mass is 10.0. The average Bonchev–Trinajstić information content (AvgIpc) is 3.15. The van der Waals surface area contributed by atoms with Crippen LogP contribution in [0.5, 0.6) is 0 Å². The van der Waals surface area contributed by atoms with Crippen LogP contribution in [0.3, 0.4) is 0 Å². The highest BCUT2D eigenvalue weighted by molar-refractivity contribution is 7.99. The van der Waals surface area contributed by atoms with E-state index in [1.165, 1.54) is 199 Å². The van der Waals surface area contributed by atoms with Crippen LogP contribution < -0.4 is 0 Å². The number of rotatable bonds is 45. The maximum absolute atomic E-state index is 12.8. The largest absolute Gasteiger partial charge is 0.466 e. The lowest BCUT2D eigenvalue weighted by Crippen LogP contribution is -2.16.